The summed E-state index contributed by atoms with van der Waals surface area (Å²) in [5.74, 6) is 1.39. The maximum absolute atomic E-state index is 5.30. The molecule has 2 aromatic rings. The third-order valence-electron chi connectivity index (χ3n) is 1.47. The summed E-state index contributed by atoms with van der Waals surface area (Å²) in [5, 5.41) is 0. The van der Waals surface area contributed by atoms with Crippen LogP contribution in [-0.4, -0.2) is 43.8 Å². The SMILES string of the molecule is Nc1cccc[nH+]1.Nc1cccc[nH+]1.O.O.[Mo].[Mo].[Mo].[Mo].[Mo].[Mo].[Na+].[Na+].[Ni+3].[O-2].[O-2].[O-2].[O-2].[O-2].[O-2].[O-2].[O-2].[O-2].[O-2].[O-2].[O-2].[O-2].[O-2].[O-2].[O-2].[O-2].[O-2].[OH-].[OH-].[OH-].[OH-].[OH-].[OH-]. The van der Waals surface area contributed by atoms with Crippen LogP contribution in [0.3, 0.4) is 0 Å². The molecule has 2 rings (SSSR count). The van der Waals surface area contributed by atoms with Gasteiger partial charge in [0.25, 0.3) is 11.6 Å². The number of anilines is 2. The zero-order valence-electron chi connectivity index (χ0n) is 23.6. The number of nitrogen functional groups attached to an aromatic ring is 2. The first-order valence-corrected chi connectivity index (χ1v) is 4.23. The van der Waals surface area contributed by atoms with Crippen LogP contribution in [-0.2, 0) is 241 Å². The maximum Gasteiger partial charge on any atom is 3.00 e. The normalized spacial score (nSPS) is 2.45. The second-order valence-electron chi connectivity index (χ2n) is 2.64. The van der Waals surface area contributed by atoms with Crippen LogP contribution in [0.15, 0.2) is 48.8 Å². The standard InChI is InChI=1S/2C5H6N2.6Mo.2Na.Ni.8H2O.18O/c2*6-5-3-1-2-4-7-5;;;;;;;;;;;;;;;;;;;;;;;;;;;;;;;;;;;/h2*1-4H,(H2,6,7);;;;;;;;;;8*1H2;;;;;;;;;;;;;;;;;;/q;;;;;;;;2*+1;+3;;;;;;;;;18*-2/p-4. The van der Waals surface area contributed by atoms with Crippen molar-refractivity contribution >= 4 is 11.6 Å². The van der Waals surface area contributed by atoms with Crippen LogP contribution in [0.4, 0.5) is 11.6 Å². The number of aromatic nitrogens is 2. The van der Waals surface area contributed by atoms with E-state index in [0.29, 0.717) is 11.6 Å². The summed E-state index contributed by atoms with van der Waals surface area (Å²) < 4.78 is 0. The molecule has 0 bridgehead atoms. The molecule has 0 amide bonds. The van der Waals surface area contributed by atoms with Crippen molar-refractivity contribution in [3.63, 3.8) is 0 Å². The van der Waals surface area contributed by atoms with E-state index < -0.39 is 0 Å². The molecular weight excluding hydrogens is 1270 g/mol. The molecule has 2 heterocycles. The Labute approximate surface area is 420 Å². The number of pyridine rings is 2. The molecule has 0 saturated carbocycles. The van der Waals surface area contributed by atoms with E-state index in [-0.39, 0.29) is 344 Å². The molecule has 30 nitrogen and oxygen atoms in total. The monoisotopic (exact) mass is 1310 g/mol. The average Bonchev–Trinajstić information content (AvgIpc) is 2.21. The first-order valence-electron chi connectivity index (χ1n) is 4.23. The molecule has 0 fully saturated rings. The summed E-state index contributed by atoms with van der Waals surface area (Å²) in [6, 6.07) is 11.1. The molecule has 0 spiro atoms. The molecule has 0 saturated heterocycles. The second kappa shape index (κ2) is 346. The fourth-order valence-corrected chi connectivity index (χ4v) is 0.814. The van der Waals surface area contributed by atoms with E-state index in [0.717, 1.165) is 0 Å². The van der Waals surface area contributed by atoms with Gasteiger partial charge in [-0.05, 0) is 12.1 Å². The number of rotatable bonds is 0. The Balaban J connectivity index is -0.00000000141. The van der Waals surface area contributed by atoms with Crippen molar-refractivity contribution in [3.05, 3.63) is 48.8 Å². The first kappa shape index (κ1) is 455. The van der Waals surface area contributed by atoms with Gasteiger partial charge in [-0.25, -0.2) is 9.97 Å². The third-order valence-corrected chi connectivity index (χ3v) is 1.47. The molecule has 39 heteroatoms. The Hall–Kier alpha value is 3.48. The van der Waals surface area contributed by atoms with Crippen LogP contribution in [0.5, 0.6) is 0 Å². The number of hydrogen-bond acceptors (Lipinski definition) is 8. The summed E-state index contributed by atoms with van der Waals surface area (Å²) in [6.07, 6.45) is 3.57. The van der Waals surface area contributed by atoms with Crippen LogP contribution in [0.25, 0.3) is 0 Å². The van der Waals surface area contributed by atoms with Crippen molar-refractivity contribution in [2.75, 3.05) is 11.5 Å². The zero-order chi connectivity index (χ0) is 10.2. The predicted molar refractivity (Wildman–Crippen MR) is 86.0 cm³/mol. The van der Waals surface area contributed by atoms with E-state index in [4.69, 9.17) is 11.5 Å². The molecule has 0 aliphatic heterocycles. The maximum atomic E-state index is 5.30. The molecule has 323 valence electrons. The third kappa shape index (κ3) is 332. The molecule has 0 aromatic carbocycles. The van der Waals surface area contributed by atoms with Gasteiger partial charge >= 0.3 is 75.6 Å². The molecule has 2 aromatic heterocycles. The quantitative estimate of drug-likeness (QED) is 0.238. The minimum Gasteiger partial charge on any atom is -2.00 e. The smallest absolute Gasteiger partial charge is 2.00 e. The average molecular weight is 1300 g/mol. The van der Waals surface area contributed by atoms with Crippen molar-refractivity contribution in [2.24, 2.45) is 0 Å². The van der Waals surface area contributed by atoms with E-state index in [2.05, 4.69) is 9.97 Å². The van der Waals surface area contributed by atoms with Crippen molar-refractivity contribution in [1.29, 1.82) is 0 Å². The van der Waals surface area contributed by atoms with E-state index >= 15 is 0 Å². The van der Waals surface area contributed by atoms with Crippen LogP contribution in [0, 0.1) is 0 Å². The summed E-state index contributed by atoms with van der Waals surface area (Å²) in [6.45, 7) is 0. The summed E-state index contributed by atoms with van der Waals surface area (Å²) >= 11 is 0. The number of H-pyrrole nitrogens is 2. The largest absolute Gasteiger partial charge is 3.00 e. The Morgan fingerprint density at radius 2 is 0.449 bits per heavy atom. The molecule has 1 radical (unpaired) electrons. The van der Waals surface area contributed by atoms with Gasteiger partial charge in [-0.3, -0.25) is 11.5 Å². The number of hydrogen-bond donors (Lipinski definition) is 2. The number of nitrogens with one attached hydrogen (secondary N) is 2. The number of nitrogens with two attached hydrogens (primary N) is 2. The van der Waals surface area contributed by atoms with Crippen LogP contribution in [0.1, 0.15) is 0 Å². The zero-order valence-corrected chi connectivity index (χ0v) is 40.6. The van der Waals surface area contributed by atoms with Crippen LogP contribution >= 0.6 is 0 Å². The Morgan fingerprint density at radius 3 is 0.490 bits per heavy atom. The van der Waals surface area contributed by atoms with Gasteiger partial charge in [0.1, 0.15) is 0 Å². The van der Waals surface area contributed by atoms with Crippen molar-refractivity contribution < 1.29 is 354 Å². The van der Waals surface area contributed by atoms with Crippen molar-refractivity contribution in [2.45, 2.75) is 0 Å². The van der Waals surface area contributed by atoms with Gasteiger partial charge in [0.05, 0.1) is 12.4 Å². The minimum absolute atomic E-state index is 0. The Bertz CT molecular complexity index is 392. The topological polar surface area (TPSA) is 836 Å². The molecule has 0 aliphatic carbocycles. The molecule has 0 unspecified atom stereocenters. The van der Waals surface area contributed by atoms with E-state index in [9.17, 15) is 0 Å². The summed E-state index contributed by atoms with van der Waals surface area (Å²) in [7, 11) is 0. The fraction of sp³-hybridized carbons (Fsp3) is 0. The van der Waals surface area contributed by atoms with E-state index in [1.807, 2.05) is 24.3 Å². The van der Waals surface area contributed by atoms with E-state index in [1.165, 1.54) is 0 Å². The van der Waals surface area contributed by atoms with Gasteiger partial charge < -0.3 is 142 Å². The number of aromatic amines is 2. The van der Waals surface area contributed by atoms with Crippen LogP contribution < -0.4 is 80.5 Å². The van der Waals surface area contributed by atoms with Crippen molar-refractivity contribution in [1.82, 2.24) is 0 Å². The van der Waals surface area contributed by atoms with Crippen molar-refractivity contribution in [3.8, 4) is 0 Å². The Morgan fingerprint density at radius 1 is 0.327 bits per heavy atom. The first-order chi connectivity index (χ1) is 6.79. The fourth-order valence-electron chi connectivity index (χ4n) is 0.814. The van der Waals surface area contributed by atoms with Gasteiger partial charge in [0.2, 0.25) is 0 Å². The van der Waals surface area contributed by atoms with Gasteiger partial charge in [-0.1, -0.05) is 12.1 Å². The molecule has 0 atom stereocenters. The van der Waals surface area contributed by atoms with E-state index in [1.54, 1.807) is 24.5 Å². The minimum atomic E-state index is 0. The second-order valence-corrected chi connectivity index (χ2v) is 2.64. The van der Waals surface area contributed by atoms with Gasteiger partial charge in [-0.15, -0.1) is 0 Å². The summed E-state index contributed by atoms with van der Waals surface area (Å²) in [5.41, 5.74) is 10.6. The van der Waals surface area contributed by atoms with Gasteiger partial charge in [0.15, 0.2) is 0 Å². The molecule has 0 aliphatic rings. The molecule has 16 N–H and O–H groups in total. The van der Waals surface area contributed by atoms with Crippen LogP contribution in [0.2, 0.25) is 0 Å². The van der Waals surface area contributed by atoms with Gasteiger partial charge in [-0.2, -0.15) is 0 Å². The molecule has 49 heavy (non-hydrogen) atoms. The summed E-state index contributed by atoms with van der Waals surface area (Å²) in [4.78, 5) is 5.62. The van der Waals surface area contributed by atoms with Gasteiger partial charge in [0, 0.05) is 139 Å². The Kier molecular flexibility index (Phi) is 3210. The molecular formula is C10H24Mo6N4Na2NiO26-35. The predicted octanol–water partition coefficient (Wildman–Crippen LogP) is -10.7.